The minimum atomic E-state index is -0.399. The van der Waals surface area contributed by atoms with E-state index in [0.29, 0.717) is 30.6 Å². The Labute approximate surface area is 124 Å². The molecule has 1 aliphatic carbocycles. The van der Waals surface area contributed by atoms with Crippen LogP contribution in [0.1, 0.15) is 31.2 Å². The van der Waals surface area contributed by atoms with Crippen molar-refractivity contribution in [1.29, 1.82) is 0 Å². The fraction of sp³-hybridized carbons (Fsp3) is 0.643. The molecule has 0 unspecified atom stereocenters. The lowest BCUT2D eigenvalue weighted by Gasteiger charge is -2.26. The van der Waals surface area contributed by atoms with Gasteiger partial charge in [-0.15, -0.1) is 0 Å². The van der Waals surface area contributed by atoms with Crippen LogP contribution in [0.25, 0.3) is 0 Å². The third-order valence-electron chi connectivity index (χ3n) is 3.75. The zero-order valence-electron chi connectivity index (χ0n) is 12.2. The van der Waals surface area contributed by atoms with Crippen LogP contribution in [-0.2, 0) is 4.74 Å². The highest BCUT2D eigenvalue weighted by Gasteiger charge is 2.18. The molecule has 0 radical (unpaired) electrons. The minimum Gasteiger partial charge on any atom is -0.376 e. The van der Waals surface area contributed by atoms with Gasteiger partial charge in [0, 0.05) is 24.3 Å². The van der Waals surface area contributed by atoms with Gasteiger partial charge in [0.15, 0.2) is 0 Å². The van der Waals surface area contributed by atoms with Gasteiger partial charge in [-0.2, -0.15) is 0 Å². The molecule has 1 heterocycles. The molecule has 1 aromatic rings. The number of rotatable bonds is 6. The van der Waals surface area contributed by atoms with Crippen molar-refractivity contribution in [2.45, 2.75) is 44.8 Å². The van der Waals surface area contributed by atoms with E-state index < -0.39 is 4.92 Å². The van der Waals surface area contributed by atoms with Crippen LogP contribution in [0.15, 0.2) is 12.3 Å². The Morgan fingerprint density at radius 1 is 1.48 bits per heavy atom. The molecule has 1 aliphatic rings. The Kier molecular flexibility index (Phi) is 5.46. The van der Waals surface area contributed by atoms with Gasteiger partial charge in [-0.3, -0.25) is 10.1 Å². The number of pyridine rings is 1. The van der Waals surface area contributed by atoms with E-state index in [-0.39, 0.29) is 11.8 Å². The number of hydrogen-bond donors (Lipinski definition) is 2. The molecule has 0 amide bonds. The number of anilines is 1. The first-order valence-electron chi connectivity index (χ1n) is 7.28. The molecule has 21 heavy (non-hydrogen) atoms. The molecule has 2 rings (SSSR count). The highest BCUT2D eigenvalue weighted by Crippen LogP contribution is 2.21. The molecule has 1 fully saturated rings. The number of aryl methyl sites for hydroxylation is 1. The Morgan fingerprint density at radius 2 is 2.19 bits per heavy atom. The predicted molar refractivity (Wildman–Crippen MR) is 80.3 cm³/mol. The first-order chi connectivity index (χ1) is 10.1. The van der Waals surface area contributed by atoms with E-state index in [1.54, 1.807) is 6.92 Å². The Hall–Kier alpha value is -1.73. The SMILES string of the molecule is Cc1cnc(NCCOC2CCC(N)CC2)cc1[N+](=O)[O-]. The van der Waals surface area contributed by atoms with Crippen molar-refractivity contribution in [3.63, 3.8) is 0 Å². The molecule has 3 N–H and O–H groups in total. The average molecular weight is 294 g/mol. The van der Waals surface area contributed by atoms with Gasteiger partial charge in [-0.05, 0) is 32.6 Å². The second-order valence-electron chi connectivity index (χ2n) is 5.45. The summed E-state index contributed by atoms with van der Waals surface area (Å²) in [5.41, 5.74) is 6.48. The quantitative estimate of drug-likeness (QED) is 0.472. The molecule has 7 nitrogen and oxygen atoms in total. The summed E-state index contributed by atoms with van der Waals surface area (Å²) < 4.78 is 5.77. The summed E-state index contributed by atoms with van der Waals surface area (Å²) in [4.78, 5) is 14.6. The second-order valence-corrected chi connectivity index (χ2v) is 5.45. The summed E-state index contributed by atoms with van der Waals surface area (Å²) in [6, 6.07) is 1.77. The van der Waals surface area contributed by atoms with E-state index >= 15 is 0 Å². The van der Waals surface area contributed by atoms with Crippen molar-refractivity contribution in [2.24, 2.45) is 5.73 Å². The molecule has 0 bridgehead atoms. The summed E-state index contributed by atoms with van der Waals surface area (Å²) in [6.45, 7) is 2.81. The highest BCUT2D eigenvalue weighted by molar-refractivity contribution is 5.48. The fourth-order valence-corrected chi connectivity index (χ4v) is 2.47. The van der Waals surface area contributed by atoms with Gasteiger partial charge in [-0.1, -0.05) is 0 Å². The maximum atomic E-state index is 10.9. The molecular weight excluding hydrogens is 272 g/mol. The molecule has 0 saturated heterocycles. The second kappa shape index (κ2) is 7.33. The molecule has 0 spiro atoms. The number of aromatic nitrogens is 1. The van der Waals surface area contributed by atoms with Gasteiger partial charge in [-0.25, -0.2) is 4.98 Å². The van der Waals surface area contributed by atoms with Gasteiger partial charge in [0.2, 0.25) is 0 Å². The predicted octanol–water partition coefficient (Wildman–Crippen LogP) is 2.00. The molecule has 0 atom stereocenters. The number of ether oxygens (including phenoxy) is 1. The van der Waals surface area contributed by atoms with Gasteiger partial charge < -0.3 is 15.8 Å². The first-order valence-corrected chi connectivity index (χ1v) is 7.28. The van der Waals surface area contributed by atoms with Crippen molar-refractivity contribution in [3.05, 3.63) is 27.9 Å². The topological polar surface area (TPSA) is 103 Å². The standard InChI is InChI=1S/C14H22N4O3/c1-10-9-17-14(8-13(10)18(19)20)16-6-7-21-12-4-2-11(15)3-5-12/h8-9,11-12H,2-7,15H2,1H3,(H,16,17). The fourth-order valence-electron chi connectivity index (χ4n) is 2.47. The summed E-state index contributed by atoms with van der Waals surface area (Å²) >= 11 is 0. The maximum absolute atomic E-state index is 10.9. The number of hydrogen-bond acceptors (Lipinski definition) is 6. The van der Waals surface area contributed by atoms with E-state index in [1.165, 1.54) is 12.3 Å². The van der Waals surface area contributed by atoms with Crippen molar-refractivity contribution < 1.29 is 9.66 Å². The maximum Gasteiger partial charge on any atom is 0.277 e. The third kappa shape index (κ3) is 4.64. The van der Waals surface area contributed by atoms with E-state index in [4.69, 9.17) is 10.5 Å². The number of nitrogens with one attached hydrogen (secondary N) is 1. The van der Waals surface area contributed by atoms with Gasteiger partial charge in [0.1, 0.15) is 5.82 Å². The molecule has 7 heteroatoms. The lowest BCUT2D eigenvalue weighted by molar-refractivity contribution is -0.385. The first kappa shape index (κ1) is 15.7. The lowest BCUT2D eigenvalue weighted by atomic mass is 9.94. The number of nitrogens with two attached hydrogens (primary N) is 1. The van der Waals surface area contributed by atoms with Crippen LogP contribution >= 0.6 is 0 Å². The minimum absolute atomic E-state index is 0.0784. The molecule has 1 aromatic heterocycles. The van der Waals surface area contributed by atoms with Crippen molar-refractivity contribution in [3.8, 4) is 0 Å². The van der Waals surface area contributed by atoms with Crippen LogP contribution in [0.5, 0.6) is 0 Å². The van der Waals surface area contributed by atoms with E-state index in [2.05, 4.69) is 10.3 Å². The molecule has 1 saturated carbocycles. The summed E-state index contributed by atoms with van der Waals surface area (Å²) in [6.07, 6.45) is 5.84. The van der Waals surface area contributed by atoms with Gasteiger partial charge in [0.05, 0.1) is 23.7 Å². The molecular formula is C14H22N4O3. The molecule has 0 aliphatic heterocycles. The normalized spacial score (nSPS) is 22.0. The third-order valence-corrected chi connectivity index (χ3v) is 3.75. The Balaban J connectivity index is 1.73. The smallest absolute Gasteiger partial charge is 0.277 e. The lowest BCUT2D eigenvalue weighted by Crippen LogP contribution is -2.31. The largest absolute Gasteiger partial charge is 0.376 e. The van der Waals surface area contributed by atoms with Crippen molar-refractivity contribution >= 4 is 11.5 Å². The number of nitro groups is 1. The van der Waals surface area contributed by atoms with Crippen molar-refractivity contribution in [1.82, 2.24) is 4.98 Å². The van der Waals surface area contributed by atoms with Crippen LogP contribution in [0.4, 0.5) is 11.5 Å². The molecule has 116 valence electrons. The monoisotopic (exact) mass is 294 g/mol. The summed E-state index contributed by atoms with van der Waals surface area (Å²) in [7, 11) is 0. The van der Waals surface area contributed by atoms with Crippen molar-refractivity contribution in [2.75, 3.05) is 18.5 Å². The van der Waals surface area contributed by atoms with E-state index in [9.17, 15) is 10.1 Å². The van der Waals surface area contributed by atoms with Gasteiger partial charge in [0.25, 0.3) is 5.69 Å². The zero-order valence-corrected chi connectivity index (χ0v) is 12.2. The Bertz CT molecular complexity index is 487. The van der Waals surface area contributed by atoms with Crippen LogP contribution in [-0.4, -0.2) is 35.2 Å². The highest BCUT2D eigenvalue weighted by atomic mass is 16.6. The van der Waals surface area contributed by atoms with Crippen LogP contribution in [0.3, 0.4) is 0 Å². The number of nitrogens with zero attached hydrogens (tertiary/aromatic N) is 2. The zero-order chi connectivity index (χ0) is 15.2. The average Bonchev–Trinajstić information content (AvgIpc) is 2.46. The van der Waals surface area contributed by atoms with Crippen LogP contribution in [0.2, 0.25) is 0 Å². The van der Waals surface area contributed by atoms with Crippen LogP contribution in [0, 0.1) is 17.0 Å². The van der Waals surface area contributed by atoms with Gasteiger partial charge >= 0.3 is 0 Å². The summed E-state index contributed by atoms with van der Waals surface area (Å²) in [5, 5.41) is 13.9. The molecule has 0 aromatic carbocycles. The van der Waals surface area contributed by atoms with E-state index in [0.717, 1.165) is 25.7 Å². The summed E-state index contributed by atoms with van der Waals surface area (Å²) in [5.74, 6) is 0.501. The van der Waals surface area contributed by atoms with E-state index in [1.807, 2.05) is 0 Å². The van der Waals surface area contributed by atoms with Crippen LogP contribution < -0.4 is 11.1 Å². The Morgan fingerprint density at radius 3 is 2.86 bits per heavy atom.